The number of aryl methyl sites for hydroxylation is 1. The summed E-state index contributed by atoms with van der Waals surface area (Å²) in [5.74, 6) is -2.03. The summed E-state index contributed by atoms with van der Waals surface area (Å²) in [6.07, 6.45) is 3.84. The lowest BCUT2D eigenvalue weighted by Gasteiger charge is -2.28. The van der Waals surface area contributed by atoms with E-state index in [2.05, 4.69) is 0 Å². The molecule has 0 fully saturated rings. The summed E-state index contributed by atoms with van der Waals surface area (Å²) in [5.41, 5.74) is 4.15. The highest BCUT2D eigenvalue weighted by molar-refractivity contribution is 5.91. The van der Waals surface area contributed by atoms with Crippen LogP contribution in [0.5, 0.6) is 5.75 Å². The highest BCUT2D eigenvalue weighted by Gasteiger charge is 2.24. The van der Waals surface area contributed by atoms with E-state index in [9.17, 15) is 28.3 Å². The van der Waals surface area contributed by atoms with Crippen molar-refractivity contribution in [1.82, 2.24) is 0 Å². The van der Waals surface area contributed by atoms with Crippen molar-refractivity contribution < 1.29 is 42.9 Å². The first-order valence-electron chi connectivity index (χ1n) is 17.6. The highest BCUT2D eigenvalue weighted by Crippen LogP contribution is 2.34. The van der Waals surface area contributed by atoms with E-state index in [1.165, 1.54) is 24.3 Å². The van der Waals surface area contributed by atoms with E-state index >= 15 is 0 Å². The van der Waals surface area contributed by atoms with Crippen molar-refractivity contribution in [2.45, 2.75) is 84.2 Å². The zero-order valence-corrected chi connectivity index (χ0v) is 30.0. The molecule has 0 radical (unpaired) electrons. The van der Waals surface area contributed by atoms with Crippen molar-refractivity contribution in [3.63, 3.8) is 0 Å². The molecule has 0 spiro atoms. The van der Waals surface area contributed by atoms with Crippen LogP contribution in [0.2, 0.25) is 0 Å². The number of benzene rings is 4. The number of carbonyl (C=O) groups excluding carboxylic acids is 1. The zero-order chi connectivity index (χ0) is 37.7. The Morgan fingerprint density at radius 2 is 1.27 bits per heavy atom. The molecule has 0 saturated carbocycles. The molecule has 1 amide bonds. The fourth-order valence-electron chi connectivity index (χ4n) is 5.92. The van der Waals surface area contributed by atoms with Crippen LogP contribution in [0.15, 0.2) is 84.9 Å². The van der Waals surface area contributed by atoms with Gasteiger partial charge in [0.2, 0.25) is 0 Å². The van der Waals surface area contributed by atoms with Crippen LogP contribution in [0.25, 0.3) is 22.3 Å². The molecule has 0 aromatic heterocycles. The van der Waals surface area contributed by atoms with Gasteiger partial charge in [-0.1, -0.05) is 49.2 Å². The number of nitrogens with zero attached hydrogens (tertiary/aromatic N) is 1. The number of unbranched alkanes of at least 4 members (excludes halogenated alkanes) is 3. The molecule has 4 aromatic carbocycles. The molecule has 0 unspecified atom stereocenters. The van der Waals surface area contributed by atoms with Gasteiger partial charge in [-0.2, -0.15) is 0 Å². The topological polar surface area (TPSA) is 113 Å². The van der Waals surface area contributed by atoms with Crippen molar-refractivity contribution in [3.05, 3.63) is 108 Å². The standard InChI is InChI=1S/C42H47F2NO7/c1-42(2,3)52-41(50)45(36-27-32(30-14-8-16-34(43)25-30)24-33(28-36)31-15-9-17-35(44)26-31)22-7-5-4-6-12-29-13-10-18-38(37(29)20-21-40(48)49)51-23-11-19-39(46)47/h8-10,13-18,24-28H,4-7,11-12,19-23H2,1-3H3,(H,46,47)(H,48,49). The van der Waals surface area contributed by atoms with Gasteiger partial charge in [0.1, 0.15) is 23.0 Å². The summed E-state index contributed by atoms with van der Waals surface area (Å²) < 4.78 is 40.3. The molecule has 0 bridgehead atoms. The second kappa shape index (κ2) is 18.8. The summed E-state index contributed by atoms with van der Waals surface area (Å²) in [5, 5.41) is 18.3. The molecule has 2 N–H and O–H groups in total. The summed E-state index contributed by atoms with van der Waals surface area (Å²) in [7, 11) is 0. The first-order chi connectivity index (χ1) is 24.8. The number of carbonyl (C=O) groups is 3. The number of ether oxygens (including phenoxy) is 2. The molecule has 0 saturated heterocycles. The van der Waals surface area contributed by atoms with Gasteiger partial charge in [0.15, 0.2) is 0 Å². The van der Waals surface area contributed by atoms with E-state index < -0.39 is 35.3 Å². The van der Waals surface area contributed by atoms with Crippen LogP contribution in [-0.2, 0) is 27.2 Å². The Morgan fingerprint density at radius 3 is 1.85 bits per heavy atom. The second-order valence-electron chi connectivity index (χ2n) is 13.7. The van der Waals surface area contributed by atoms with E-state index in [4.69, 9.17) is 14.6 Å². The molecule has 276 valence electrons. The SMILES string of the molecule is CC(C)(C)OC(=O)N(CCCCCCc1cccc(OCCCC(=O)O)c1CCC(=O)O)c1cc(-c2cccc(F)c2)cc(-c2cccc(F)c2)c1. The predicted molar refractivity (Wildman–Crippen MR) is 198 cm³/mol. The van der Waals surface area contributed by atoms with Gasteiger partial charge in [-0.05, 0) is 135 Å². The predicted octanol–water partition coefficient (Wildman–Crippen LogP) is 10.1. The molecule has 0 heterocycles. The van der Waals surface area contributed by atoms with E-state index in [0.29, 0.717) is 65.9 Å². The van der Waals surface area contributed by atoms with E-state index in [1.54, 1.807) is 56.0 Å². The lowest BCUT2D eigenvalue weighted by molar-refractivity contribution is -0.138. The third kappa shape index (κ3) is 12.5. The van der Waals surface area contributed by atoms with Crippen LogP contribution in [0.3, 0.4) is 0 Å². The molecule has 4 aromatic rings. The Hall–Kier alpha value is -5.25. The van der Waals surface area contributed by atoms with Crippen LogP contribution in [0.4, 0.5) is 19.3 Å². The number of amides is 1. The monoisotopic (exact) mass is 715 g/mol. The molecule has 0 aliphatic rings. The molecule has 4 rings (SSSR count). The lowest BCUT2D eigenvalue weighted by Crippen LogP contribution is -2.37. The fraction of sp³-hybridized carbons (Fsp3) is 0.357. The number of rotatable bonds is 18. The first-order valence-corrected chi connectivity index (χ1v) is 17.6. The minimum Gasteiger partial charge on any atom is -0.493 e. The first kappa shape index (κ1) is 39.5. The van der Waals surface area contributed by atoms with E-state index in [1.807, 2.05) is 30.3 Å². The van der Waals surface area contributed by atoms with Gasteiger partial charge in [0.25, 0.3) is 0 Å². The quantitative estimate of drug-likeness (QED) is 0.0986. The summed E-state index contributed by atoms with van der Waals surface area (Å²) in [6, 6.07) is 23.5. The Kier molecular flexibility index (Phi) is 14.3. The minimum absolute atomic E-state index is 0.0118. The third-order valence-corrected chi connectivity index (χ3v) is 8.35. The van der Waals surface area contributed by atoms with Crippen molar-refractivity contribution in [3.8, 4) is 28.0 Å². The van der Waals surface area contributed by atoms with Crippen molar-refractivity contribution in [2.24, 2.45) is 0 Å². The van der Waals surface area contributed by atoms with Gasteiger partial charge in [0, 0.05) is 25.1 Å². The molecule has 52 heavy (non-hydrogen) atoms. The average Bonchev–Trinajstić information content (AvgIpc) is 3.08. The molecule has 10 heteroatoms. The zero-order valence-electron chi connectivity index (χ0n) is 30.0. The van der Waals surface area contributed by atoms with Gasteiger partial charge >= 0.3 is 18.0 Å². The fourth-order valence-corrected chi connectivity index (χ4v) is 5.92. The number of hydrogen-bond donors (Lipinski definition) is 2. The van der Waals surface area contributed by atoms with Crippen LogP contribution in [0.1, 0.15) is 76.8 Å². The van der Waals surface area contributed by atoms with Crippen molar-refractivity contribution in [1.29, 1.82) is 0 Å². The van der Waals surface area contributed by atoms with E-state index in [-0.39, 0.29) is 19.4 Å². The maximum atomic E-state index is 14.3. The minimum atomic E-state index is -0.911. The number of carboxylic acids is 2. The van der Waals surface area contributed by atoms with Gasteiger partial charge in [0.05, 0.1) is 6.61 Å². The molecular formula is C42H47F2NO7. The molecule has 0 aliphatic carbocycles. The van der Waals surface area contributed by atoms with Gasteiger partial charge in [-0.25, -0.2) is 13.6 Å². The van der Waals surface area contributed by atoms with Crippen LogP contribution in [-0.4, -0.2) is 47.0 Å². The summed E-state index contributed by atoms with van der Waals surface area (Å²) in [6.45, 7) is 5.95. The average molecular weight is 716 g/mol. The molecular weight excluding hydrogens is 668 g/mol. The Bertz CT molecular complexity index is 1770. The smallest absolute Gasteiger partial charge is 0.414 e. The van der Waals surface area contributed by atoms with Crippen LogP contribution >= 0.6 is 0 Å². The normalized spacial score (nSPS) is 11.2. The number of aliphatic carboxylic acids is 2. The largest absolute Gasteiger partial charge is 0.493 e. The van der Waals surface area contributed by atoms with Gasteiger partial charge < -0.3 is 19.7 Å². The van der Waals surface area contributed by atoms with Crippen LogP contribution in [0, 0.1) is 11.6 Å². The van der Waals surface area contributed by atoms with Crippen molar-refractivity contribution in [2.75, 3.05) is 18.1 Å². The maximum absolute atomic E-state index is 14.3. The molecule has 0 aliphatic heterocycles. The maximum Gasteiger partial charge on any atom is 0.414 e. The van der Waals surface area contributed by atoms with Crippen molar-refractivity contribution >= 4 is 23.7 Å². The Labute approximate surface area is 304 Å². The molecule has 8 nitrogen and oxygen atoms in total. The van der Waals surface area contributed by atoms with Gasteiger partial charge in [-0.15, -0.1) is 0 Å². The molecule has 0 atom stereocenters. The number of hydrogen-bond acceptors (Lipinski definition) is 5. The highest BCUT2D eigenvalue weighted by atomic mass is 19.1. The Balaban J connectivity index is 1.50. The summed E-state index contributed by atoms with van der Waals surface area (Å²) in [4.78, 5) is 37.5. The summed E-state index contributed by atoms with van der Waals surface area (Å²) >= 11 is 0. The second-order valence-corrected chi connectivity index (χ2v) is 13.7. The lowest BCUT2D eigenvalue weighted by atomic mass is 9.96. The Morgan fingerprint density at radius 1 is 0.673 bits per heavy atom. The van der Waals surface area contributed by atoms with Crippen LogP contribution < -0.4 is 9.64 Å². The van der Waals surface area contributed by atoms with E-state index in [0.717, 1.165) is 30.4 Å². The number of anilines is 1. The third-order valence-electron chi connectivity index (χ3n) is 8.35. The van der Waals surface area contributed by atoms with Gasteiger partial charge in [-0.3, -0.25) is 14.5 Å². The number of halogens is 2. The number of carboxylic acid groups (broad SMARTS) is 2.